The summed E-state index contributed by atoms with van der Waals surface area (Å²) in [5, 5.41) is 3.35. The third-order valence-corrected chi connectivity index (χ3v) is 5.26. The van der Waals surface area contributed by atoms with Crippen LogP contribution in [0.1, 0.15) is 18.5 Å². The molecule has 0 saturated carbocycles. The van der Waals surface area contributed by atoms with Crippen molar-refractivity contribution in [1.29, 1.82) is 0 Å². The van der Waals surface area contributed by atoms with Gasteiger partial charge in [0.15, 0.2) is 0 Å². The minimum Gasteiger partial charge on any atom is -0.329 e. The van der Waals surface area contributed by atoms with Crippen LogP contribution in [-0.2, 0) is 0 Å². The van der Waals surface area contributed by atoms with Gasteiger partial charge in [0.1, 0.15) is 0 Å². The summed E-state index contributed by atoms with van der Waals surface area (Å²) in [6.45, 7) is 5.27. The fraction of sp³-hybridized carbons (Fsp3) is 0.412. The molecule has 0 spiro atoms. The lowest BCUT2D eigenvalue weighted by Gasteiger charge is -2.37. The van der Waals surface area contributed by atoms with Crippen LogP contribution >= 0.6 is 11.8 Å². The monoisotopic (exact) mass is 286 g/mol. The molecular weight excluding hydrogens is 264 g/mol. The fourth-order valence-corrected chi connectivity index (χ4v) is 4.18. The van der Waals surface area contributed by atoms with E-state index in [0.717, 1.165) is 13.1 Å². The number of rotatable bonds is 3. The van der Waals surface area contributed by atoms with E-state index in [2.05, 4.69) is 66.1 Å². The molecule has 0 aromatic heterocycles. The quantitative estimate of drug-likeness (QED) is 0.939. The van der Waals surface area contributed by atoms with Gasteiger partial charge < -0.3 is 5.73 Å². The molecular formula is C17H22N2S. The first kappa shape index (κ1) is 13.9. The number of thioether (sulfide) groups is 1. The molecule has 3 heteroatoms. The highest BCUT2D eigenvalue weighted by Gasteiger charge is 2.25. The zero-order valence-electron chi connectivity index (χ0n) is 12.0. The Morgan fingerprint density at radius 2 is 2.05 bits per heavy atom. The maximum absolute atomic E-state index is 6.12. The van der Waals surface area contributed by atoms with Gasteiger partial charge in [-0.2, -0.15) is 11.8 Å². The minimum atomic E-state index is 0.337. The van der Waals surface area contributed by atoms with E-state index in [4.69, 9.17) is 5.73 Å². The summed E-state index contributed by atoms with van der Waals surface area (Å²) in [5.41, 5.74) is 7.50. The SMILES string of the molecule is CC1CN(C(CN)c2cccc3ccccc23)CCS1. The van der Waals surface area contributed by atoms with Gasteiger partial charge in [0.05, 0.1) is 0 Å². The Morgan fingerprint density at radius 3 is 2.85 bits per heavy atom. The first-order valence-corrected chi connectivity index (χ1v) is 8.38. The van der Waals surface area contributed by atoms with E-state index in [1.54, 1.807) is 0 Å². The van der Waals surface area contributed by atoms with Gasteiger partial charge in [-0.3, -0.25) is 4.90 Å². The summed E-state index contributed by atoms with van der Waals surface area (Å²) in [5.74, 6) is 1.21. The maximum atomic E-state index is 6.12. The largest absolute Gasteiger partial charge is 0.329 e. The zero-order valence-corrected chi connectivity index (χ0v) is 12.8. The fourth-order valence-electron chi connectivity index (χ4n) is 3.14. The highest BCUT2D eigenvalue weighted by atomic mass is 32.2. The summed E-state index contributed by atoms with van der Waals surface area (Å²) < 4.78 is 0. The van der Waals surface area contributed by atoms with Crippen molar-refractivity contribution in [3.8, 4) is 0 Å². The molecule has 0 bridgehead atoms. The van der Waals surface area contributed by atoms with E-state index in [1.807, 2.05) is 0 Å². The first-order valence-electron chi connectivity index (χ1n) is 7.33. The molecule has 2 nitrogen and oxygen atoms in total. The number of nitrogens with zero attached hydrogens (tertiary/aromatic N) is 1. The molecule has 2 aromatic carbocycles. The Hall–Kier alpha value is -1.03. The molecule has 2 unspecified atom stereocenters. The molecule has 3 rings (SSSR count). The van der Waals surface area contributed by atoms with E-state index in [0.29, 0.717) is 17.8 Å². The van der Waals surface area contributed by atoms with Gasteiger partial charge in [-0.1, -0.05) is 49.4 Å². The Morgan fingerprint density at radius 1 is 1.25 bits per heavy atom. The Balaban J connectivity index is 1.98. The van der Waals surface area contributed by atoms with Crippen LogP contribution in [0.3, 0.4) is 0 Å². The first-order chi connectivity index (χ1) is 9.79. The van der Waals surface area contributed by atoms with Crippen LogP contribution < -0.4 is 5.73 Å². The van der Waals surface area contributed by atoms with Crippen molar-refractivity contribution in [3.05, 3.63) is 48.0 Å². The second-order valence-corrected chi connectivity index (χ2v) is 7.04. The van der Waals surface area contributed by atoms with Crippen LogP contribution in [-0.4, -0.2) is 35.5 Å². The van der Waals surface area contributed by atoms with Crippen molar-refractivity contribution in [3.63, 3.8) is 0 Å². The van der Waals surface area contributed by atoms with Crippen molar-refractivity contribution in [2.45, 2.75) is 18.2 Å². The highest BCUT2D eigenvalue weighted by Crippen LogP contribution is 2.30. The standard InChI is InChI=1S/C17H22N2S/c1-13-12-19(9-10-20-13)17(11-18)16-8-4-6-14-5-2-3-7-15(14)16/h2-8,13,17H,9-12,18H2,1H3. The van der Waals surface area contributed by atoms with E-state index in [1.165, 1.54) is 22.1 Å². The number of hydrogen-bond donors (Lipinski definition) is 1. The third-order valence-electron chi connectivity index (χ3n) is 4.12. The van der Waals surface area contributed by atoms with E-state index in [-0.39, 0.29) is 0 Å². The van der Waals surface area contributed by atoms with E-state index < -0.39 is 0 Å². The van der Waals surface area contributed by atoms with Crippen LogP contribution in [0.5, 0.6) is 0 Å². The van der Waals surface area contributed by atoms with Crippen molar-refractivity contribution in [2.75, 3.05) is 25.4 Å². The molecule has 2 atom stereocenters. The van der Waals surface area contributed by atoms with Crippen LogP contribution in [0.15, 0.2) is 42.5 Å². The summed E-state index contributed by atoms with van der Waals surface area (Å²) in [7, 11) is 0. The normalized spacial score (nSPS) is 22.0. The van der Waals surface area contributed by atoms with Gasteiger partial charge >= 0.3 is 0 Å². The molecule has 0 aliphatic carbocycles. The average Bonchev–Trinajstić information content (AvgIpc) is 2.48. The Labute approximate surface area is 125 Å². The van der Waals surface area contributed by atoms with Crippen molar-refractivity contribution in [1.82, 2.24) is 4.90 Å². The van der Waals surface area contributed by atoms with Crippen LogP contribution in [0.2, 0.25) is 0 Å². The highest BCUT2D eigenvalue weighted by molar-refractivity contribution is 7.99. The van der Waals surface area contributed by atoms with Gasteiger partial charge in [0, 0.05) is 36.7 Å². The molecule has 20 heavy (non-hydrogen) atoms. The minimum absolute atomic E-state index is 0.337. The summed E-state index contributed by atoms with van der Waals surface area (Å²) >= 11 is 2.07. The number of hydrogen-bond acceptors (Lipinski definition) is 3. The van der Waals surface area contributed by atoms with E-state index >= 15 is 0 Å². The molecule has 2 N–H and O–H groups in total. The lowest BCUT2D eigenvalue weighted by atomic mass is 9.97. The summed E-state index contributed by atoms with van der Waals surface area (Å²) in [4.78, 5) is 2.56. The second-order valence-electron chi connectivity index (χ2n) is 5.50. The lowest BCUT2D eigenvalue weighted by Crippen LogP contribution is -2.42. The van der Waals surface area contributed by atoms with E-state index in [9.17, 15) is 0 Å². The number of fused-ring (bicyclic) bond motifs is 1. The van der Waals surface area contributed by atoms with Crippen LogP contribution in [0, 0.1) is 0 Å². The van der Waals surface area contributed by atoms with Crippen LogP contribution in [0.4, 0.5) is 0 Å². The van der Waals surface area contributed by atoms with Gasteiger partial charge in [0.2, 0.25) is 0 Å². The Kier molecular flexibility index (Phi) is 4.29. The third kappa shape index (κ3) is 2.71. The van der Waals surface area contributed by atoms with Gasteiger partial charge in [-0.05, 0) is 16.3 Å². The number of benzene rings is 2. The molecule has 106 valence electrons. The molecule has 1 heterocycles. The summed E-state index contributed by atoms with van der Waals surface area (Å²) in [6, 6.07) is 15.5. The zero-order chi connectivity index (χ0) is 13.9. The second kappa shape index (κ2) is 6.17. The van der Waals surface area contributed by atoms with Crippen LogP contribution in [0.25, 0.3) is 10.8 Å². The lowest BCUT2D eigenvalue weighted by molar-refractivity contribution is 0.212. The van der Waals surface area contributed by atoms with Crippen molar-refractivity contribution in [2.24, 2.45) is 5.73 Å². The predicted molar refractivity (Wildman–Crippen MR) is 89.2 cm³/mol. The van der Waals surface area contributed by atoms with Gasteiger partial charge in [-0.15, -0.1) is 0 Å². The molecule has 2 aromatic rings. The van der Waals surface area contributed by atoms with Crippen molar-refractivity contribution < 1.29 is 0 Å². The van der Waals surface area contributed by atoms with Gasteiger partial charge in [-0.25, -0.2) is 0 Å². The maximum Gasteiger partial charge on any atom is 0.0477 e. The molecule has 1 aliphatic rings. The smallest absolute Gasteiger partial charge is 0.0477 e. The summed E-state index contributed by atoms with van der Waals surface area (Å²) in [6.07, 6.45) is 0. The van der Waals surface area contributed by atoms with Crippen molar-refractivity contribution >= 4 is 22.5 Å². The molecule has 0 radical (unpaired) electrons. The van der Waals surface area contributed by atoms with Gasteiger partial charge in [0.25, 0.3) is 0 Å². The molecule has 1 saturated heterocycles. The molecule has 0 amide bonds. The Bertz CT molecular complexity index is 579. The predicted octanol–water partition coefficient (Wildman–Crippen LogP) is 3.28. The average molecular weight is 286 g/mol. The molecule has 1 fully saturated rings. The topological polar surface area (TPSA) is 29.3 Å². The number of nitrogens with two attached hydrogens (primary N) is 1. The molecule has 1 aliphatic heterocycles.